The molecule has 0 saturated carbocycles. The van der Waals surface area contributed by atoms with E-state index >= 15 is 0 Å². The second-order valence-corrected chi connectivity index (χ2v) is 7.16. The van der Waals surface area contributed by atoms with Crippen molar-refractivity contribution in [2.75, 3.05) is 30.8 Å². The van der Waals surface area contributed by atoms with Crippen LogP contribution in [0.2, 0.25) is 5.02 Å². The lowest BCUT2D eigenvalue weighted by Gasteiger charge is -2.22. The van der Waals surface area contributed by atoms with Crippen molar-refractivity contribution in [2.45, 2.75) is 19.2 Å². The Morgan fingerprint density at radius 1 is 1.18 bits per heavy atom. The van der Waals surface area contributed by atoms with Gasteiger partial charge < -0.3 is 25.4 Å². The predicted molar refractivity (Wildman–Crippen MR) is 111 cm³/mol. The molecule has 2 aromatic rings. The average Bonchev–Trinajstić information content (AvgIpc) is 2.72. The van der Waals surface area contributed by atoms with Crippen molar-refractivity contribution in [1.82, 2.24) is 4.90 Å². The highest BCUT2D eigenvalue weighted by Gasteiger charge is 2.39. The van der Waals surface area contributed by atoms with E-state index in [-0.39, 0.29) is 18.2 Å². The fraction of sp³-hybridized carbons (Fsp3) is 0.300. The van der Waals surface area contributed by atoms with E-state index in [9.17, 15) is 31.5 Å². The number of alkyl halides is 3. The van der Waals surface area contributed by atoms with Gasteiger partial charge in [0.1, 0.15) is 17.4 Å². The highest BCUT2D eigenvalue weighted by molar-refractivity contribution is 6.34. The number of para-hydroxylation sites is 1. The lowest BCUT2D eigenvalue weighted by atomic mass is 10.1. The van der Waals surface area contributed by atoms with Crippen molar-refractivity contribution in [3.05, 3.63) is 52.6 Å². The molecular weight excluding hydrogens is 477 g/mol. The smallest absolute Gasteiger partial charge is 0.425 e. The first-order valence-electron chi connectivity index (χ1n) is 9.30. The van der Waals surface area contributed by atoms with Crippen LogP contribution in [0.4, 0.5) is 38.1 Å². The van der Waals surface area contributed by atoms with E-state index in [0.29, 0.717) is 19.1 Å². The van der Waals surface area contributed by atoms with Crippen LogP contribution >= 0.6 is 11.6 Å². The van der Waals surface area contributed by atoms with Gasteiger partial charge in [-0.15, -0.1) is 0 Å². The number of halogens is 6. The molecule has 1 atom stereocenters. The SMILES string of the molecule is CC(Oc1cc(NC(=O)N(C)CCO)c(F)cc1C(=O)Nc1c(F)cccc1Cl)C(F)(F)F. The maximum absolute atomic E-state index is 14.6. The molecule has 33 heavy (non-hydrogen) atoms. The minimum atomic E-state index is -4.83. The predicted octanol–water partition coefficient (Wildman–Crippen LogP) is 4.66. The number of hydrogen-bond acceptors (Lipinski definition) is 4. The number of hydrogen-bond donors (Lipinski definition) is 3. The number of ether oxygens (including phenoxy) is 1. The molecule has 13 heteroatoms. The van der Waals surface area contributed by atoms with Crippen molar-refractivity contribution < 1.29 is 41.4 Å². The molecule has 2 rings (SSSR count). The fourth-order valence-electron chi connectivity index (χ4n) is 2.44. The van der Waals surface area contributed by atoms with Crippen molar-refractivity contribution in [2.24, 2.45) is 0 Å². The Bertz CT molecular complexity index is 1020. The van der Waals surface area contributed by atoms with Crippen molar-refractivity contribution in [3.8, 4) is 5.75 Å². The maximum Gasteiger partial charge on any atom is 0.425 e. The van der Waals surface area contributed by atoms with Crippen molar-refractivity contribution in [1.29, 1.82) is 0 Å². The first kappa shape index (κ1) is 26.1. The molecule has 0 bridgehead atoms. The molecule has 7 nitrogen and oxygen atoms in total. The normalized spacial score (nSPS) is 12.2. The Labute approximate surface area is 190 Å². The number of carbonyl (C=O) groups excluding carboxylic acids is 2. The van der Waals surface area contributed by atoms with Gasteiger partial charge in [-0.05, 0) is 25.1 Å². The van der Waals surface area contributed by atoms with Crippen LogP contribution in [0, 0.1) is 11.6 Å². The topological polar surface area (TPSA) is 90.9 Å². The van der Waals surface area contributed by atoms with E-state index in [4.69, 9.17) is 21.4 Å². The highest BCUT2D eigenvalue weighted by atomic mass is 35.5. The van der Waals surface area contributed by atoms with E-state index in [1.165, 1.54) is 19.2 Å². The van der Waals surface area contributed by atoms with Gasteiger partial charge in [-0.1, -0.05) is 17.7 Å². The third kappa shape index (κ3) is 6.68. The number of anilines is 2. The summed E-state index contributed by atoms with van der Waals surface area (Å²) >= 11 is 5.84. The van der Waals surface area contributed by atoms with Crippen LogP contribution in [0.1, 0.15) is 17.3 Å². The van der Waals surface area contributed by atoms with Crippen LogP contribution in [0.3, 0.4) is 0 Å². The van der Waals surface area contributed by atoms with E-state index in [2.05, 4.69) is 10.6 Å². The molecule has 2 aromatic carbocycles. The molecule has 0 heterocycles. The zero-order chi connectivity index (χ0) is 24.9. The number of likely N-dealkylation sites (N-methyl/N-ethyl adjacent to an activating group) is 1. The molecule has 0 fully saturated rings. The standard InChI is InChI=1S/C20H19ClF5N3O4/c1-10(20(24,25)26)33-16-9-15(27-19(32)29(2)6-7-30)14(23)8-11(16)18(31)28-17-12(21)4-3-5-13(17)22/h3-5,8-10,30H,6-7H2,1-2H3,(H,27,32)(H,28,31). The van der Waals surface area contributed by atoms with Crippen LogP contribution in [0.15, 0.2) is 30.3 Å². The number of amides is 3. The van der Waals surface area contributed by atoms with Gasteiger partial charge >= 0.3 is 12.2 Å². The van der Waals surface area contributed by atoms with Crippen molar-refractivity contribution >= 4 is 34.9 Å². The zero-order valence-corrected chi connectivity index (χ0v) is 18.0. The molecule has 3 N–H and O–H groups in total. The summed E-state index contributed by atoms with van der Waals surface area (Å²) in [6.07, 6.45) is -7.24. The summed E-state index contributed by atoms with van der Waals surface area (Å²) in [7, 11) is 1.28. The molecule has 0 spiro atoms. The second-order valence-electron chi connectivity index (χ2n) is 6.76. The van der Waals surface area contributed by atoms with E-state index < -0.39 is 58.5 Å². The van der Waals surface area contributed by atoms with Crippen LogP contribution in [-0.2, 0) is 0 Å². The second kappa shape index (κ2) is 10.7. The third-order valence-corrected chi connectivity index (χ3v) is 4.62. The van der Waals surface area contributed by atoms with Gasteiger partial charge in [0.05, 0.1) is 28.6 Å². The number of nitrogens with one attached hydrogen (secondary N) is 2. The van der Waals surface area contributed by atoms with Crippen LogP contribution < -0.4 is 15.4 Å². The number of aliphatic hydroxyl groups excluding tert-OH is 1. The molecule has 3 amide bonds. The molecule has 180 valence electrons. The van der Waals surface area contributed by atoms with Gasteiger partial charge in [-0.3, -0.25) is 4.79 Å². The summed E-state index contributed by atoms with van der Waals surface area (Å²) in [5.41, 5.74) is -1.76. The first-order valence-corrected chi connectivity index (χ1v) is 9.68. The molecule has 1 unspecified atom stereocenters. The molecule has 0 aromatic heterocycles. The minimum absolute atomic E-state index is 0.105. The summed E-state index contributed by atoms with van der Waals surface area (Å²) in [4.78, 5) is 25.7. The summed E-state index contributed by atoms with van der Waals surface area (Å²) in [5.74, 6) is -4.05. The summed E-state index contributed by atoms with van der Waals surface area (Å²) in [6, 6.07) is 3.84. The first-order chi connectivity index (χ1) is 15.3. The average molecular weight is 496 g/mol. The van der Waals surface area contributed by atoms with Gasteiger partial charge in [0.25, 0.3) is 5.91 Å². The molecule has 0 radical (unpaired) electrons. The number of carbonyl (C=O) groups is 2. The van der Waals surface area contributed by atoms with Gasteiger partial charge in [0, 0.05) is 19.7 Å². The van der Waals surface area contributed by atoms with Gasteiger partial charge in [-0.2, -0.15) is 13.2 Å². The molecule has 0 aliphatic heterocycles. The Hall–Kier alpha value is -3.12. The maximum atomic E-state index is 14.6. The Balaban J connectivity index is 2.46. The quantitative estimate of drug-likeness (QED) is 0.487. The number of rotatable bonds is 7. The summed E-state index contributed by atoms with van der Waals surface area (Å²) in [5, 5.41) is 12.9. The van der Waals surface area contributed by atoms with Gasteiger partial charge in [0.2, 0.25) is 0 Å². The minimum Gasteiger partial charge on any atom is -0.480 e. The van der Waals surface area contributed by atoms with Crippen molar-refractivity contribution in [3.63, 3.8) is 0 Å². The van der Waals surface area contributed by atoms with Crippen LogP contribution in [-0.4, -0.2) is 54.4 Å². The highest BCUT2D eigenvalue weighted by Crippen LogP contribution is 2.33. The molecule has 0 aliphatic rings. The number of nitrogens with zero attached hydrogens (tertiary/aromatic N) is 1. The van der Waals surface area contributed by atoms with E-state index in [0.717, 1.165) is 11.0 Å². The Morgan fingerprint density at radius 3 is 2.42 bits per heavy atom. The third-order valence-electron chi connectivity index (χ3n) is 4.30. The van der Waals surface area contributed by atoms with Crippen LogP contribution in [0.5, 0.6) is 5.75 Å². The summed E-state index contributed by atoms with van der Waals surface area (Å²) in [6.45, 7) is 0.166. The largest absolute Gasteiger partial charge is 0.480 e. The van der Waals surface area contributed by atoms with Crippen LogP contribution in [0.25, 0.3) is 0 Å². The molecule has 0 aliphatic carbocycles. The zero-order valence-electron chi connectivity index (χ0n) is 17.3. The molecular formula is C20H19ClF5N3O4. The Kier molecular flexibility index (Phi) is 8.45. The lowest BCUT2D eigenvalue weighted by Crippen LogP contribution is -2.34. The van der Waals surface area contributed by atoms with Gasteiger partial charge in [-0.25, -0.2) is 13.6 Å². The van der Waals surface area contributed by atoms with Gasteiger partial charge in [0.15, 0.2) is 6.10 Å². The van der Waals surface area contributed by atoms with E-state index in [1.807, 2.05) is 0 Å². The fourth-order valence-corrected chi connectivity index (χ4v) is 2.65. The Morgan fingerprint density at radius 2 is 1.85 bits per heavy atom. The molecule has 0 saturated heterocycles. The monoisotopic (exact) mass is 495 g/mol. The number of urea groups is 1. The van der Waals surface area contributed by atoms with E-state index in [1.54, 1.807) is 0 Å². The number of aliphatic hydroxyl groups is 1. The summed E-state index contributed by atoms with van der Waals surface area (Å²) < 4.78 is 72.6. The number of benzene rings is 2. The lowest BCUT2D eigenvalue weighted by molar-refractivity contribution is -0.189.